The third-order valence-corrected chi connectivity index (χ3v) is 1.65. The summed E-state index contributed by atoms with van der Waals surface area (Å²) in [6.45, 7) is 11.7. The van der Waals surface area contributed by atoms with Gasteiger partial charge in [-0.1, -0.05) is 38.3 Å². The Hall–Kier alpha value is -0.820. The molecule has 0 saturated carbocycles. The minimum Gasteiger partial charge on any atom is -0.302 e. The predicted molar refractivity (Wildman–Crippen MR) is 56.3 cm³/mol. The van der Waals surface area contributed by atoms with Crippen LogP contribution in [0.3, 0.4) is 0 Å². The van der Waals surface area contributed by atoms with Gasteiger partial charge in [0.1, 0.15) is 0 Å². The highest BCUT2D eigenvalue weighted by Gasteiger charge is 1.96. The Kier molecular flexibility index (Phi) is 6.39. The molecule has 0 aromatic rings. The summed E-state index contributed by atoms with van der Waals surface area (Å²) in [6, 6.07) is 0. The van der Waals surface area contributed by atoms with Gasteiger partial charge in [-0.05, 0) is 25.6 Å². The molecule has 0 N–H and O–H groups in total. The molecule has 0 rings (SSSR count). The molecule has 12 heavy (non-hydrogen) atoms. The van der Waals surface area contributed by atoms with E-state index in [4.69, 9.17) is 0 Å². The Morgan fingerprint density at radius 1 is 1.42 bits per heavy atom. The van der Waals surface area contributed by atoms with Crippen molar-refractivity contribution in [3.63, 3.8) is 0 Å². The summed E-state index contributed by atoms with van der Waals surface area (Å²) in [5.74, 6) is 0. The van der Waals surface area contributed by atoms with Crippen molar-refractivity contribution in [3.8, 4) is 0 Å². The molecule has 0 atom stereocenters. The summed E-state index contributed by atoms with van der Waals surface area (Å²) in [5, 5.41) is 0. The molecule has 0 aromatic heterocycles. The van der Waals surface area contributed by atoms with Crippen LogP contribution in [0.2, 0.25) is 0 Å². The maximum Gasteiger partial charge on any atom is 0.0230 e. The molecule has 0 amide bonds. The van der Waals surface area contributed by atoms with Crippen LogP contribution < -0.4 is 0 Å². The first-order valence-electron chi connectivity index (χ1n) is 4.37. The SMILES string of the molecule is C=C/C=C(\C=C)CN(C)CCC. The number of rotatable bonds is 6. The molecule has 0 unspecified atom stereocenters. The van der Waals surface area contributed by atoms with E-state index in [-0.39, 0.29) is 0 Å². The normalized spacial score (nSPS) is 11.8. The molecule has 1 heteroatoms. The first-order valence-corrected chi connectivity index (χ1v) is 4.37. The summed E-state index contributed by atoms with van der Waals surface area (Å²) >= 11 is 0. The van der Waals surface area contributed by atoms with E-state index in [1.165, 1.54) is 12.0 Å². The molecule has 0 aliphatic carbocycles. The van der Waals surface area contributed by atoms with Crippen LogP contribution in [-0.4, -0.2) is 25.0 Å². The zero-order valence-corrected chi connectivity index (χ0v) is 8.21. The zero-order chi connectivity index (χ0) is 9.40. The summed E-state index contributed by atoms with van der Waals surface area (Å²) < 4.78 is 0. The Morgan fingerprint density at radius 2 is 2.08 bits per heavy atom. The van der Waals surface area contributed by atoms with Crippen LogP contribution >= 0.6 is 0 Å². The van der Waals surface area contributed by atoms with E-state index < -0.39 is 0 Å². The summed E-state index contributed by atoms with van der Waals surface area (Å²) in [5.41, 5.74) is 1.22. The summed E-state index contributed by atoms with van der Waals surface area (Å²) in [4.78, 5) is 2.27. The molecular weight excluding hydrogens is 146 g/mol. The predicted octanol–water partition coefficient (Wildman–Crippen LogP) is 2.63. The maximum atomic E-state index is 3.75. The number of allylic oxidation sites excluding steroid dienone is 2. The lowest BCUT2D eigenvalue weighted by Crippen LogP contribution is -2.21. The molecule has 0 heterocycles. The van der Waals surface area contributed by atoms with E-state index >= 15 is 0 Å². The zero-order valence-electron chi connectivity index (χ0n) is 8.21. The van der Waals surface area contributed by atoms with Crippen molar-refractivity contribution >= 4 is 0 Å². The minimum atomic E-state index is 0.962. The fourth-order valence-electron chi connectivity index (χ4n) is 1.11. The first-order chi connectivity index (χ1) is 5.74. The van der Waals surface area contributed by atoms with Crippen LogP contribution in [0.4, 0.5) is 0 Å². The van der Waals surface area contributed by atoms with Crippen LogP contribution in [0, 0.1) is 0 Å². The van der Waals surface area contributed by atoms with Crippen molar-refractivity contribution < 1.29 is 0 Å². The smallest absolute Gasteiger partial charge is 0.0230 e. The van der Waals surface area contributed by atoms with Crippen LogP contribution in [0.25, 0.3) is 0 Å². The first kappa shape index (κ1) is 11.2. The monoisotopic (exact) mass is 165 g/mol. The van der Waals surface area contributed by atoms with Crippen molar-refractivity contribution in [2.75, 3.05) is 20.1 Å². The Morgan fingerprint density at radius 3 is 2.50 bits per heavy atom. The van der Waals surface area contributed by atoms with Crippen molar-refractivity contribution in [2.24, 2.45) is 0 Å². The second kappa shape index (κ2) is 6.86. The van der Waals surface area contributed by atoms with Gasteiger partial charge in [0.2, 0.25) is 0 Å². The molecule has 0 saturated heterocycles. The molecule has 0 fully saturated rings. The highest BCUT2D eigenvalue weighted by Crippen LogP contribution is 1.99. The third-order valence-electron chi connectivity index (χ3n) is 1.65. The second-order valence-electron chi connectivity index (χ2n) is 2.92. The van der Waals surface area contributed by atoms with Gasteiger partial charge < -0.3 is 4.90 Å². The van der Waals surface area contributed by atoms with E-state index in [1.54, 1.807) is 6.08 Å². The van der Waals surface area contributed by atoms with E-state index in [1.807, 2.05) is 12.2 Å². The summed E-state index contributed by atoms with van der Waals surface area (Å²) in [7, 11) is 2.12. The molecule has 0 bridgehead atoms. The quantitative estimate of drug-likeness (QED) is 0.547. The Bertz CT molecular complexity index is 168. The lowest BCUT2D eigenvalue weighted by molar-refractivity contribution is 0.365. The van der Waals surface area contributed by atoms with Crippen LogP contribution in [-0.2, 0) is 0 Å². The van der Waals surface area contributed by atoms with Gasteiger partial charge >= 0.3 is 0 Å². The van der Waals surface area contributed by atoms with Gasteiger partial charge in [0, 0.05) is 6.54 Å². The van der Waals surface area contributed by atoms with E-state index in [9.17, 15) is 0 Å². The number of likely N-dealkylation sites (N-methyl/N-ethyl adjacent to an activating group) is 1. The molecule has 0 aliphatic heterocycles. The van der Waals surface area contributed by atoms with Crippen molar-refractivity contribution in [3.05, 3.63) is 37.0 Å². The lowest BCUT2D eigenvalue weighted by atomic mass is 10.2. The second-order valence-corrected chi connectivity index (χ2v) is 2.92. The Labute approximate surface area is 76.1 Å². The van der Waals surface area contributed by atoms with Crippen LogP contribution in [0.5, 0.6) is 0 Å². The highest BCUT2D eigenvalue weighted by molar-refractivity contribution is 5.22. The summed E-state index contributed by atoms with van der Waals surface area (Å²) in [6.07, 6.45) is 6.87. The van der Waals surface area contributed by atoms with Gasteiger partial charge in [-0.2, -0.15) is 0 Å². The van der Waals surface area contributed by atoms with Gasteiger partial charge in [0.15, 0.2) is 0 Å². The van der Waals surface area contributed by atoms with E-state index in [2.05, 4.69) is 32.0 Å². The fraction of sp³-hybridized carbons (Fsp3) is 0.455. The average Bonchev–Trinajstić information content (AvgIpc) is 2.04. The maximum absolute atomic E-state index is 3.75. The van der Waals surface area contributed by atoms with Crippen LogP contribution in [0.15, 0.2) is 37.0 Å². The van der Waals surface area contributed by atoms with Crippen molar-refractivity contribution in [1.82, 2.24) is 4.90 Å². The number of nitrogens with zero attached hydrogens (tertiary/aromatic N) is 1. The molecule has 1 nitrogen and oxygen atoms in total. The lowest BCUT2D eigenvalue weighted by Gasteiger charge is -2.15. The molecular formula is C11H19N. The molecule has 0 aromatic carbocycles. The molecule has 68 valence electrons. The average molecular weight is 165 g/mol. The van der Waals surface area contributed by atoms with E-state index in [0.717, 1.165) is 13.1 Å². The Balaban J connectivity index is 3.93. The van der Waals surface area contributed by atoms with Gasteiger partial charge in [-0.25, -0.2) is 0 Å². The molecule has 0 spiro atoms. The largest absolute Gasteiger partial charge is 0.302 e. The van der Waals surface area contributed by atoms with Gasteiger partial charge in [0.25, 0.3) is 0 Å². The van der Waals surface area contributed by atoms with E-state index in [0.29, 0.717) is 0 Å². The van der Waals surface area contributed by atoms with Crippen LogP contribution in [0.1, 0.15) is 13.3 Å². The van der Waals surface area contributed by atoms with Gasteiger partial charge in [0.05, 0.1) is 0 Å². The minimum absolute atomic E-state index is 0.962. The van der Waals surface area contributed by atoms with Crippen molar-refractivity contribution in [2.45, 2.75) is 13.3 Å². The topological polar surface area (TPSA) is 3.24 Å². The highest BCUT2D eigenvalue weighted by atomic mass is 15.1. The molecule has 0 radical (unpaired) electrons. The van der Waals surface area contributed by atoms with Crippen molar-refractivity contribution in [1.29, 1.82) is 0 Å². The standard InChI is InChI=1S/C11H19N/c1-5-8-11(7-3)10-12(4)9-6-2/h5,7-8H,1,3,6,9-10H2,2,4H3/b11-8+. The molecule has 0 aliphatic rings. The fourth-order valence-corrected chi connectivity index (χ4v) is 1.11. The third kappa shape index (κ3) is 4.91. The number of hydrogen-bond acceptors (Lipinski definition) is 1. The van der Waals surface area contributed by atoms with Gasteiger partial charge in [-0.3, -0.25) is 0 Å². The van der Waals surface area contributed by atoms with Gasteiger partial charge in [-0.15, -0.1) is 0 Å². The number of hydrogen-bond donors (Lipinski definition) is 0.